The molecule has 4 rings (SSSR count). The van der Waals surface area contributed by atoms with Gasteiger partial charge >= 0.3 is 0 Å². The van der Waals surface area contributed by atoms with Gasteiger partial charge in [-0.3, -0.25) is 14.2 Å². The number of hydrogen-bond acceptors (Lipinski definition) is 5. The highest BCUT2D eigenvalue weighted by atomic mass is 16.2. The van der Waals surface area contributed by atoms with Gasteiger partial charge < -0.3 is 5.32 Å². The molecule has 3 aromatic rings. The Kier molecular flexibility index (Phi) is 4.27. The van der Waals surface area contributed by atoms with Crippen molar-refractivity contribution in [3.05, 3.63) is 76.7 Å². The summed E-state index contributed by atoms with van der Waals surface area (Å²) in [5.74, 6) is 0.396. The summed E-state index contributed by atoms with van der Waals surface area (Å²) in [6, 6.07) is 11.9. The highest BCUT2D eigenvalue weighted by Crippen LogP contribution is 2.24. The van der Waals surface area contributed by atoms with E-state index in [1.165, 1.54) is 12.4 Å². The summed E-state index contributed by atoms with van der Waals surface area (Å²) in [5, 5.41) is 3.00. The molecular formula is C19H17N5O2. The van der Waals surface area contributed by atoms with Crippen LogP contribution in [0, 0.1) is 0 Å². The standard InChI is InChI=1S/C19H17N5O2/c25-17-11-16(14-8-9-20-12-21-14)22-18-15(7-4-10-24(17)18)23-19(26)13-5-2-1-3-6-13/h1-3,5-6,8-9,11-12,15H,4,7,10H2,(H,23,26). The summed E-state index contributed by atoms with van der Waals surface area (Å²) in [6.45, 7) is 0.600. The van der Waals surface area contributed by atoms with Gasteiger partial charge in [-0.2, -0.15) is 0 Å². The van der Waals surface area contributed by atoms with E-state index < -0.39 is 0 Å². The second kappa shape index (κ2) is 6.87. The van der Waals surface area contributed by atoms with Crippen molar-refractivity contribution in [2.75, 3.05) is 0 Å². The average molecular weight is 347 g/mol. The van der Waals surface area contributed by atoms with Crippen molar-refractivity contribution in [2.24, 2.45) is 0 Å². The molecule has 0 fully saturated rings. The molecule has 1 unspecified atom stereocenters. The van der Waals surface area contributed by atoms with Crippen LogP contribution in [-0.4, -0.2) is 25.4 Å². The zero-order chi connectivity index (χ0) is 17.9. The van der Waals surface area contributed by atoms with Crippen LogP contribution in [0.2, 0.25) is 0 Å². The van der Waals surface area contributed by atoms with Gasteiger partial charge in [-0.25, -0.2) is 15.0 Å². The van der Waals surface area contributed by atoms with Gasteiger partial charge in [-0.05, 0) is 31.0 Å². The van der Waals surface area contributed by atoms with Crippen LogP contribution in [0.5, 0.6) is 0 Å². The van der Waals surface area contributed by atoms with Crippen LogP contribution in [0.1, 0.15) is 35.1 Å². The predicted octanol–water partition coefficient (Wildman–Crippen LogP) is 1.97. The number of carbonyl (C=O) groups is 1. The number of aromatic nitrogens is 4. The number of amides is 1. The molecule has 1 atom stereocenters. The second-order valence-corrected chi connectivity index (χ2v) is 6.12. The quantitative estimate of drug-likeness (QED) is 0.782. The molecule has 0 saturated carbocycles. The highest BCUT2D eigenvalue weighted by Gasteiger charge is 2.25. The smallest absolute Gasteiger partial charge is 0.254 e. The molecule has 1 aromatic carbocycles. The number of benzene rings is 1. The monoisotopic (exact) mass is 347 g/mol. The minimum atomic E-state index is -0.314. The summed E-state index contributed by atoms with van der Waals surface area (Å²) in [5.41, 5.74) is 1.52. The molecule has 0 aliphatic carbocycles. The van der Waals surface area contributed by atoms with Crippen molar-refractivity contribution >= 4 is 5.91 Å². The molecule has 130 valence electrons. The molecule has 0 spiro atoms. The van der Waals surface area contributed by atoms with Crippen LogP contribution in [0.4, 0.5) is 0 Å². The molecular weight excluding hydrogens is 330 g/mol. The Labute approximate surface area is 149 Å². The van der Waals surface area contributed by atoms with Crippen LogP contribution in [-0.2, 0) is 6.54 Å². The van der Waals surface area contributed by atoms with Crippen molar-refractivity contribution in [3.8, 4) is 11.4 Å². The van der Waals surface area contributed by atoms with Gasteiger partial charge in [0.2, 0.25) is 0 Å². The first-order chi connectivity index (χ1) is 12.7. The number of hydrogen-bond donors (Lipinski definition) is 1. The minimum absolute atomic E-state index is 0.137. The number of fused-ring (bicyclic) bond motifs is 1. The Hall–Kier alpha value is -3.35. The van der Waals surface area contributed by atoms with E-state index in [1.807, 2.05) is 18.2 Å². The van der Waals surface area contributed by atoms with E-state index in [-0.39, 0.29) is 17.5 Å². The lowest BCUT2D eigenvalue weighted by atomic mass is 10.0. The van der Waals surface area contributed by atoms with Gasteiger partial charge in [0.05, 0.1) is 17.4 Å². The maximum atomic E-state index is 12.5. The average Bonchev–Trinajstić information content (AvgIpc) is 2.70. The lowest BCUT2D eigenvalue weighted by Crippen LogP contribution is -2.38. The summed E-state index contributed by atoms with van der Waals surface area (Å²) in [4.78, 5) is 37.7. The lowest BCUT2D eigenvalue weighted by Gasteiger charge is -2.26. The van der Waals surface area contributed by atoms with Gasteiger partial charge in [0.25, 0.3) is 11.5 Å². The third-order valence-corrected chi connectivity index (χ3v) is 4.41. The number of rotatable bonds is 3. The van der Waals surface area contributed by atoms with Gasteiger partial charge in [-0.15, -0.1) is 0 Å². The molecule has 3 heterocycles. The van der Waals surface area contributed by atoms with Gasteiger partial charge in [0.15, 0.2) is 0 Å². The molecule has 0 saturated heterocycles. The number of nitrogens with one attached hydrogen (secondary N) is 1. The zero-order valence-electron chi connectivity index (χ0n) is 14.0. The maximum Gasteiger partial charge on any atom is 0.254 e. The largest absolute Gasteiger partial charge is 0.342 e. The first kappa shape index (κ1) is 16.1. The Morgan fingerprint density at radius 1 is 1.15 bits per heavy atom. The molecule has 1 amide bonds. The topological polar surface area (TPSA) is 89.8 Å². The SMILES string of the molecule is O=C(NC1CCCn2c1nc(-c1ccncn1)cc2=O)c1ccccc1. The van der Waals surface area contributed by atoms with Crippen molar-refractivity contribution in [2.45, 2.75) is 25.4 Å². The minimum Gasteiger partial charge on any atom is -0.342 e. The molecule has 7 nitrogen and oxygen atoms in total. The number of carbonyl (C=O) groups excluding carboxylic acids is 1. The maximum absolute atomic E-state index is 12.5. The second-order valence-electron chi connectivity index (χ2n) is 6.12. The van der Waals surface area contributed by atoms with Crippen LogP contribution in [0.15, 0.2) is 59.8 Å². The fourth-order valence-electron chi connectivity index (χ4n) is 3.14. The summed E-state index contributed by atoms with van der Waals surface area (Å²) in [7, 11) is 0. The Balaban J connectivity index is 1.70. The summed E-state index contributed by atoms with van der Waals surface area (Å²) < 4.78 is 1.63. The molecule has 1 aliphatic rings. The predicted molar refractivity (Wildman–Crippen MR) is 95.4 cm³/mol. The van der Waals surface area contributed by atoms with Crippen molar-refractivity contribution in [1.82, 2.24) is 24.8 Å². The highest BCUT2D eigenvalue weighted by molar-refractivity contribution is 5.94. The molecule has 2 aromatic heterocycles. The molecule has 7 heteroatoms. The zero-order valence-corrected chi connectivity index (χ0v) is 14.0. The van der Waals surface area contributed by atoms with Crippen LogP contribution in [0.25, 0.3) is 11.4 Å². The molecule has 1 aliphatic heterocycles. The van der Waals surface area contributed by atoms with Gasteiger partial charge in [-0.1, -0.05) is 18.2 Å². The van der Waals surface area contributed by atoms with Crippen molar-refractivity contribution in [1.29, 1.82) is 0 Å². The first-order valence-electron chi connectivity index (χ1n) is 8.46. The van der Waals surface area contributed by atoms with Crippen molar-refractivity contribution in [3.63, 3.8) is 0 Å². The van der Waals surface area contributed by atoms with Gasteiger partial charge in [0, 0.05) is 24.4 Å². The summed E-state index contributed by atoms with van der Waals surface area (Å²) in [6.07, 6.45) is 4.57. The number of nitrogens with zero attached hydrogens (tertiary/aromatic N) is 4. The Morgan fingerprint density at radius 3 is 2.77 bits per heavy atom. The Bertz CT molecular complexity index is 986. The first-order valence-corrected chi connectivity index (χ1v) is 8.46. The fourth-order valence-corrected chi connectivity index (χ4v) is 3.14. The summed E-state index contributed by atoms with van der Waals surface area (Å²) >= 11 is 0. The van der Waals surface area contributed by atoms with Crippen LogP contribution in [0.3, 0.4) is 0 Å². The van der Waals surface area contributed by atoms with E-state index in [1.54, 1.807) is 29.0 Å². The van der Waals surface area contributed by atoms with E-state index in [9.17, 15) is 9.59 Å². The van der Waals surface area contributed by atoms with Gasteiger partial charge in [0.1, 0.15) is 12.2 Å². The van der Waals surface area contributed by atoms with Crippen LogP contribution >= 0.6 is 0 Å². The third-order valence-electron chi connectivity index (χ3n) is 4.41. The normalized spacial score (nSPS) is 15.9. The molecule has 26 heavy (non-hydrogen) atoms. The molecule has 0 bridgehead atoms. The van der Waals surface area contributed by atoms with E-state index in [2.05, 4.69) is 20.3 Å². The van der Waals surface area contributed by atoms with Crippen LogP contribution < -0.4 is 10.9 Å². The van der Waals surface area contributed by atoms with Crippen molar-refractivity contribution < 1.29 is 4.79 Å². The van der Waals surface area contributed by atoms with E-state index in [4.69, 9.17) is 0 Å². The van der Waals surface area contributed by atoms with E-state index in [0.29, 0.717) is 29.3 Å². The van der Waals surface area contributed by atoms with E-state index >= 15 is 0 Å². The lowest BCUT2D eigenvalue weighted by molar-refractivity contribution is 0.0927. The molecule has 1 N–H and O–H groups in total. The fraction of sp³-hybridized carbons (Fsp3) is 0.211. The molecule has 0 radical (unpaired) electrons. The third kappa shape index (κ3) is 3.11. The van der Waals surface area contributed by atoms with E-state index in [0.717, 1.165) is 12.8 Å². The Morgan fingerprint density at radius 2 is 2.00 bits per heavy atom.